The highest BCUT2D eigenvalue weighted by molar-refractivity contribution is 5.80. The number of carbonyl (C=O) groups excluding carboxylic acids is 1. The third-order valence-electron chi connectivity index (χ3n) is 4.73. The minimum absolute atomic E-state index is 0.166. The Bertz CT molecular complexity index is 673. The van der Waals surface area contributed by atoms with Crippen LogP contribution in [0.1, 0.15) is 66.2 Å². The maximum atomic E-state index is 12.1. The van der Waals surface area contributed by atoms with E-state index in [0.717, 1.165) is 25.4 Å². The van der Waals surface area contributed by atoms with Gasteiger partial charge in [-0.2, -0.15) is 0 Å². The van der Waals surface area contributed by atoms with Crippen LogP contribution in [0.2, 0.25) is 0 Å². The Labute approximate surface area is 180 Å². The van der Waals surface area contributed by atoms with Gasteiger partial charge in [-0.05, 0) is 79.6 Å². The third-order valence-corrected chi connectivity index (χ3v) is 4.73. The normalized spacial score (nSPS) is 16.9. The lowest BCUT2D eigenvalue weighted by Gasteiger charge is -2.28. The smallest absolute Gasteiger partial charge is 0.408 e. The maximum absolute atomic E-state index is 12.1. The van der Waals surface area contributed by atoms with Crippen molar-refractivity contribution in [1.82, 2.24) is 20.9 Å². The van der Waals surface area contributed by atoms with Gasteiger partial charge in [0.25, 0.3) is 0 Å². The first-order valence-electron chi connectivity index (χ1n) is 10.9. The van der Waals surface area contributed by atoms with Crippen LogP contribution >= 0.6 is 0 Å². The van der Waals surface area contributed by atoms with E-state index in [9.17, 15) is 4.79 Å². The van der Waals surface area contributed by atoms with Gasteiger partial charge in [-0.1, -0.05) is 0 Å². The molecule has 0 spiro atoms. The molecule has 1 fully saturated rings. The number of hydrogen-bond donors (Lipinski definition) is 3. The number of furan rings is 1. The molecule has 1 saturated heterocycles. The van der Waals surface area contributed by atoms with E-state index in [4.69, 9.17) is 9.15 Å². The van der Waals surface area contributed by atoms with Crippen molar-refractivity contribution < 1.29 is 13.9 Å². The molecule has 2 heterocycles. The van der Waals surface area contributed by atoms with E-state index in [-0.39, 0.29) is 6.04 Å². The van der Waals surface area contributed by atoms with E-state index in [0.29, 0.717) is 19.0 Å². The van der Waals surface area contributed by atoms with Crippen LogP contribution in [0.3, 0.4) is 0 Å². The van der Waals surface area contributed by atoms with E-state index >= 15 is 0 Å². The lowest BCUT2D eigenvalue weighted by Crippen LogP contribution is -2.49. The monoisotopic (exact) mass is 421 g/mol. The van der Waals surface area contributed by atoms with Crippen molar-refractivity contribution in [2.24, 2.45) is 4.99 Å². The molecule has 1 atom stereocenters. The highest BCUT2D eigenvalue weighted by atomic mass is 16.6. The highest BCUT2D eigenvalue weighted by Crippen LogP contribution is 2.24. The number of nitrogens with one attached hydrogen (secondary N) is 3. The zero-order valence-electron chi connectivity index (χ0n) is 19.4. The van der Waals surface area contributed by atoms with Crippen molar-refractivity contribution in [3.05, 3.63) is 24.2 Å². The molecule has 8 nitrogen and oxygen atoms in total. The summed E-state index contributed by atoms with van der Waals surface area (Å²) in [6.45, 7) is 15.5. The Kier molecular flexibility index (Phi) is 8.58. The number of rotatable bonds is 8. The second-order valence-electron chi connectivity index (χ2n) is 9.36. The molecule has 1 aromatic rings. The minimum Gasteiger partial charge on any atom is -0.468 e. The first-order chi connectivity index (χ1) is 14.1. The fourth-order valence-corrected chi connectivity index (χ4v) is 3.38. The number of carbonyl (C=O) groups is 1. The molecular formula is C22H39N5O3. The number of guanidine groups is 1. The van der Waals surface area contributed by atoms with E-state index in [1.807, 2.05) is 53.7 Å². The minimum atomic E-state index is -0.542. The van der Waals surface area contributed by atoms with Crippen LogP contribution in [0.4, 0.5) is 4.79 Å². The number of nitrogens with zero attached hydrogens (tertiary/aromatic N) is 2. The van der Waals surface area contributed by atoms with Crippen molar-refractivity contribution >= 4 is 12.1 Å². The average molecular weight is 422 g/mol. The molecule has 0 radical (unpaired) electrons. The Morgan fingerprint density at radius 2 is 1.93 bits per heavy atom. The fraction of sp³-hybridized carbons (Fsp3) is 0.727. The number of aliphatic imine (C=N–C) groups is 1. The van der Waals surface area contributed by atoms with Crippen LogP contribution in [-0.4, -0.2) is 60.8 Å². The first kappa shape index (κ1) is 24.1. The molecule has 0 aliphatic carbocycles. The van der Waals surface area contributed by atoms with Crippen LogP contribution in [0.5, 0.6) is 0 Å². The van der Waals surface area contributed by atoms with Crippen molar-refractivity contribution in [2.45, 2.75) is 71.6 Å². The summed E-state index contributed by atoms with van der Waals surface area (Å²) >= 11 is 0. The van der Waals surface area contributed by atoms with Crippen LogP contribution in [0.15, 0.2) is 27.8 Å². The lowest BCUT2D eigenvalue weighted by molar-refractivity contribution is 0.0476. The number of amides is 1. The van der Waals surface area contributed by atoms with Gasteiger partial charge >= 0.3 is 6.09 Å². The van der Waals surface area contributed by atoms with Gasteiger partial charge in [0.1, 0.15) is 11.4 Å². The number of alkyl carbamates (subject to hydrolysis) is 1. The second-order valence-corrected chi connectivity index (χ2v) is 9.36. The largest absolute Gasteiger partial charge is 0.468 e. The van der Waals surface area contributed by atoms with Crippen molar-refractivity contribution in [3.8, 4) is 0 Å². The quantitative estimate of drug-likeness (QED) is 0.441. The molecule has 1 aromatic heterocycles. The molecule has 1 amide bonds. The molecule has 0 aromatic carbocycles. The van der Waals surface area contributed by atoms with Crippen molar-refractivity contribution in [1.29, 1.82) is 0 Å². The summed E-state index contributed by atoms with van der Waals surface area (Å²) in [5.41, 5.74) is -1.07. The molecule has 3 N–H and O–H groups in total. The summed E-state index contributed by atoms with van der Waals surface area (Å²) in [5, 5.41) is 9.62. The fourth-order valence-electron chi connectivity index (χ4n) is 3.38. The first-order valence-corrected chi connectivity index (χ1v) is 10.9. The summed E-state index contributed by atoms with van der Waals surface area (Å²) in [6.07, 6.45) is 3.72. The standard InChI is InChI=1S/C22H39N5O3/c1-7-23-19(25-16-22(5,6)26-20(28)30-21(2,3)4)24-15-17(18-11-10-14-29-18)27-12-8-9-13-27/h10-11,14,17H,7-9,12-13,15-16H2,1-6H3,(H,26,28)(H2,23,24,25). The highest BCUT2D eigenvalue weighted by Gasteiger charge is 2.27. The number of hydrogen-bond acceptors (Lipinski definition) is 5. The molecule has 30 heavy (non-hydrogen) atoms. The van der Waals surface area contributed by atoms with Gasteiger partial charge in [0.2, 0.25) is 0 Å². The van der Waals surface area contributed by atoms with Gasteiger partial charge in [0.05, 0.1) is 24.4 Å². The Morgan fingerprint density at radius 3 is 2.50 bits per heavy atom. The predicted octanol–water partition coefficient (Wildman–Crippen LogP) is 3.27. The zero-order chi connectivity index (χ0) is 22.2. The zero-order valence-corrected chi connectivity index (χ0v) is 19.4. The van der Waals surface area contributed by atoms with Crippen LogP contribution in [0, 0.1) is 0 Å². The van der Waals surface area contributed by atoms with Crippen LogP contribution < -0.4 is 16.0 Å². The summed E-state index contributed by atoms with van der Waals surface area (Å²) in [7, 11) is 0. The molecular weight excluding hydrogens is 382 g/mol. The van der Waals surface area contributed by atoms with Gasteiger partial charge in [0, 0.05) is 13.1 Å². The van der Waals surface area contributed by atoms with E-state index in [1.54, 1.807) is 6.26 Å². The van der Waals surface area contributed by atoms with Crippen molar-refractivity contribution in [3.63, 3.8) is 0 Å². The van der Waals surface area contributed by atoms with Gasteiger partial charge in [-0.3, -0.25) is 9.89 Å². The predicted molar refractivity (Wildman–Crippen MR) is 120 cm³/mol. The molecule has 1 aliphatic heterocycles. The third kappa shape index (κ3) is 8.26. The Hall–Kier alpha value is -2.22. The van der Waals surface area contributed by atoms with Crippen molar-refractivity contribution in [2.75, 3.05) is 32.7 Å². The molecule has 8 heteroatoms. The van der Waals surface area contributed by atoms with Crippen LogP contribution in [0.25, 0.3) is 0 Å². The van der Waals surface area contributed by atoms with Gasteiger partial charge in [-0.15, -0.1) is 0 Å². The van der Waals surface area contributed by atoms with E-state index < -0.39 is 17.2 Å². The van der Waals surface area contributed by atoms with Gasteiger partial charge < -0.3 is 25.1 Å². The molecule has 1 aliphatic rings. The Morgan fingerprint density at radius 1 is 1.23 bits per heavy atom. The summed E-state index contributed by atoms with van der Waals surface area (Å²) < 4.78 is 11.1. The summed E-state index contributed by atoms with van der Waals surface area (Å²) in [4.78, 5) is 19.2. The number of likely N-dealkylation sites (tertiary alicyclic amines) is 1. The summed E-state index contributed by atoms with van der Waals surface area (Å²) in [5.74, 6) is 1.68. The van der Waals surface area contributed by atoms with E-state index in [1.165, 1.54) is 12.8 Å². The second kappa shape index (κ2) is 10.7. The topological polar surface area (TPSA) is 91.1 Å². The SMILES string of the molecule is CCNC(=NCC(C)(C)NC(=O)OC(C)(C)C)NCC(c1ccco1)N1CCCC1. The van der Waals surface area contributed by atoms with Gasteiger partial charge in [-0.25, -0.2) is 4.79 Å². The average Bonchev–Trinajstić information content (AvgIpc) is 3.32. The lowest BCUT2D eigenvalue weighted by atomic mass is 10.1. The number of ether oxygens (including phenoxy) is 1. The molecule has 170 valence electrons. The molecule has 0 saturated carbocycles. The molecule has 2 rings (SSSR count). The van der Waals surface area contributed by atoms with Gasteiger partial charge in [0.15, 0.2) is 5.96 Å². The maximum Gasteiger partial charge on any atom is 0.408 e. The Balaban J connectivity index is 1.97. The summed E-state index contributed by atoms with van der Waals surface area (Å²) in [6, 6.07) is 4.13. The van der Waals surface area contributed by atoms with E-state index in [2.05, 4.69) is 25.8 Å². The molecule has 1 unspecified atom stereocenters. The van der Waals surface area contributed by atoms with Crippen LogP contribution in [-0.2, 0) is 4.74 Å². The molecule has 0 bridgehead atoms.